The van der Waals surface area contributed by atoms with Crippen molar-refractivity contribution in [2.75, 3.05) is 51.2 Å². The van der Waals surface area contributed by atoms with Crippen molar-refractivity contribution in [2.45, 2.75) is 26.3 Å². The molecule has 1 aliphatic heterocycles. The summed E-state index contributed by atoms with van der Waals surface area (Å²) in [7, 11) is 1.66. The number of phenolic OH excluding ortho intramolecular Hbond substituents is 1. The number of rotatable bonds is 5. The largest absolute Gasteiger partial charge is 0.506 e. The van der Waals surface area contributed by atoms with Crippen LogP contribution in [0, 0.1) is 0 Å². The highest BCUT2D eigenvalue weighted by atomic mass is 16.3. The molecule has 7 heteroatoms. The molecule has 1 aromatic rings. The van der Waals surface area contributed by atoms with Crippen LogP contribution in [0.2, 0.25) is 0 Å². The Kier molecular flexibility index (Phi) is 6.47. The third-order valence-electron chi connectivity index (χ3n) is 4.27. The Hall–Kier alpha value is -2.28. The molecule has 0 unspecified atom stereocenters. The highest BCUT2D eigenvalue weighted by Crippen LogP contribution is 2.27. The summed E-state index contributed by atoms with van der Waals surface area (Å²) in [5, 5.41) is 12.8. The average molecular weight is 362 g/mol. The summed E-state index contributed by atoms with van der Waals surface area (Å²) in [4.78, 5) is 30.0. The van der Waals surface area contributed by atoms with Crippen LogP contribution in [-0.4, -0.2) is 78.6 Å². The molecule has 2 N–H and O–H groups in total. The molecule has 1 heterocycles. The van der Waals surface area contributed by atoms with Crippen molar-refractivity contribution in [1.29, 1.82) is 0 Å². The second-order valence-electron chi connectivity index (χ2n) is 7.80. The first-order valence-corrected chi connectivity index (χ1v) is 8.96. The first kappa shape index (κ1) is 20.0. The molecule has 2 rings (SSSR count). The van der Waals surface area contributed by atoms with Crippen molar-refractivity contribution in [3.05, 3.63) is 24.3 Å². The fourth-order valence-corrected chi connectivity index (χ4v) is 2.95. The molecule has 0 aromatic heterocycles. The molecule has 0 spiro atoms. The number of anilines is 1. The molecule has 144 valence electrons. The summed E-state index contributed by atoms with van der Waals surface area (Å²) in [6.07, 6.45) is 0. The van der Waals surface area contributed by atoms with E-state index in [0.717, 1.165) is 31.9 Å². The van der Waals surface area contributed by atoms with E-state index in [1.165, 1.54) is 4.90 Å². The third-order valence-corrected chi connectivity index (χ3v) is 4.27. The number of hydrogen-bond donors (Lipinski definition) is 2. The van der Waals surface area contributed by atoms with Crippen molar-refractivity contribution < 1.29 is 14.7 Å². The zero-order chi connectivity index (χ0) is 19.3. The second-order valence-corrected chi connectivity index (χ2v) is 7.80. The van der Waals surface area contributed by atoms with Gasteiger partial charge in [-0.1, -0.05) is 12.1 Å². The van der Waals surface area contributed by atoms with E-state index in [1.807, 2.05) is 32.9 Å². The van der Waals surface area contributed by atoms with Gasteiger partial charge in [-0.3, -0.25) is 14.5 Å². The van der Waals surface area contributed by atoms with Gasteiger partial charge in [0.1, 0.15) is 5.75 Å². The van der Waals surface area contributed by atoms with E-state index < -0.39 is 0 Å². The van der Waals surface area contributed by atoms with Crippen molar-refractivity contribution in [3.63, 3.8) is 0 Å². The fourth-order valence-electron chi connectivity index (χ4n) is 2.95. The fraction of sp³-hybridized carbons (Fsp3) is 0.579. The lowest BCUT2D eigenvalue weighted by molar-refractivity contribution is -0.136. The minimum absolute atomic E-state index is 0.0634. The van der Waals surface area contributed by atoms with Gasteiger partial charge >= 0.3 is 0 Å². The van der Waals surface area contributed by atoms with E-state index in [4.69, 9.17) is 0 Å². The molecule has 1 saturated heterocycles. The Morgan fingerprint density at radius 2 is 1.77 bits per heavy atom. The van der Waals surface area contributed by atoms with Gasteiger partial charge in [0, 0.05) is 38.8 Å². The summed E-state index contributed by atoms with van der Waals surface area (Å²) < 4.78 is 0. The number of nitrogens with one attached hydrogen (secondary N) is 1. The van der Waals surface area contributed by atoms with Crippen LogP contribution >= 0.6 is 0 Å². The molecule has 0 atom stereocenters. The zero-order valence-electron chi connectivity index (χ0n) is 16.2. The van der Waals surface area contributed by atoms with Crippen molar-refractivity contribution in [1.82, 2.24) is 15.1 Å². The van der Waals surface area contributed by atoms with Crippen molar-refractivity contribution in [3.8, 4) is 5.75 Å². The van der Waals surface area contributed by atoms with E-state index in [-0.39, 0.29) is 29.6 Å². The minimum Gasteiger partial charge on any atom is -0.506 e. The van der Waals surface area contributed by atoms with Crippen LogP contribution in [0.15, 0.2) is 24.3 Å². The number of carbonyl (C=O) groups excluding carboxylic acids is 2. The van der Waals surface area contributed by atoms with Crippen LogP contribution in [0.3, 0.4) is 0 Å². The quantitative estimate of drug-likeness (QED) is 0.814. The van der Waals surface area contributed by atoms with Crippen LogP contribution in [0.5, 0.6) is 5.75 Å². The summed E-state index contributed by atoms with van der Waals surface area (Å²) in [5.41, 5.74) is 0.523. The molecule has 1 aromatic carbocycles. The van der Waals surface area contributed by atoms with Crippen LogP contribution in [0.1, 0.15) is 20.8 Å². The third kappa shape index (κ3) is 5.91. The molecule has 26 heavy (non-hydrogen) atoms. The Morgan fingerprint density at radius 1 is 1.15 bits per heavy atom. The number of aromatic hydroxyl groups is 1. The van der Waals surface area contributed by atoms with E-state index in [2.05, 4.69) is 15.1 Å². The normalized spacial score (nSPS) is 15.6. The maximum atomic E-state index is 12.4. The number of phenols is 1. The standard InChI is InChI=1S/C19H30N4O3/c1-19(2,3)20-17(25)13-21(4)18(26)14-22-9-11-23(12-10-22)15-7-5-6-8-16(15)24/h5-8,24H,9-14H2,1-4H3,(H,20,25). The van der Waals surface area contributed by atoms with E-state index in [1.54, 1.807) is 19.2 Å². The van der Waals surface area contributed by atoms with Crippen molar-refractivity contribution >= 4 is 17.5 Å². The summed E-state index contributed by atoms with van der Waals surface area (Å²) in [6.45, 7) is 9.08. The van der Waals surface area contributed by atoms with E-state index in [9.17, 15) is 14.7 Å². The van der Waals surface area contributed by atoms with Gasteiger partial charge in [-0.05, 0) is 32.9 Å². The minimum atomic E-state index is -0.305. The van der Waals surface area contributed by atoms with Gasteiger partial charge in [0.15, 0.2) is 0 Å². The molecule has 0 radical (unpaired) electrons. The van der Waals surface area contributed by atoms with E-state index in [0.29, 0.717) is 6.54 Å². The smallest absolute Gasteiger partial charge is 0.240 e. The molecule has 1 fully saturated rings. The van der Waals surface area contributed by atoms with Gasteiger partial charge in [0.2, 0.25) is 11.8 Å². The van der Waals surface area contributed by atoms with Crippen molar-refractivity contribution in [2.24, 2.45) is 0 Å². The average Bonchev–Trinajstić information content (AvgIpc) is 2.54. The Bertz CT molecular complexity index is 634. The summed E-state index contributed by atoms with van der Waals surface area (Å²) in [6, 6.07) is 7.29. The summed E-state index contributed by atoms with van der Waals surface area (Å²) >= 11 is 0. The van der Waals surface area contributed by atoms with Gasteiger partial charge in [-0.2, -0.15) is 0 Å². The lowest BCUT2D eigenvalue weighted by atomic mass is 10.1. The van der Waals surface area contributed by atoms with Gasteiger partial charge in [0.25, 0.3) is 0 Å². The predicted octanol–water partition coefficient (Wildman–Crippen LogP) is 0.887. The lowest BCUT2D eigenvalue weighted by Gasteiger charge is -2.36. The summed E-state index contributed by atoms with van der Waals surface area (Å²) in [5.74, 6) is 0.0596. The number of nitrogens with zero attached hydrogens (tertiary/aromatic N) is 3. The monoisotopic (exact) mass is 362 g/mol. The van der Waals surface area contributed by atoms with Crippen LogP contribution in [0.25, 0.3) is 0 Å². The first-order valence-electron chi connectivity index (χ1n) is 8.96. The molecule has 1 aliphatic rings. The second kappa shape index (κ2) is 8.40. The molecule has 7 nitrogen and oxygen atoms in total. The maximum Gasteiger partial charge on any atom is 0.240 e. The number of carbonyl (C=O) groups is 2. The van der Waals surface area contributed by atoms with Gasteiger partial charge in [-0.15, -0.1) is 0 Å². The number of likely N-dealkylation sites (N-methyl/N-ethyl adjacent to an activating group) is 1. The topological polar surface area (TPSA) is 76.1 Å². The number of benzene rings is 1. The lowest BCUT2D eigenvalue weighted by Crippen LogP contribution is -2.51. The Labute approximate surface area is 155 Å². The predicted molar refractivity (Wildman–Crippen MR) is 102 cm³/mol. The molecule has 2 amide bonds. The number of piperazine rings is 1. The molecular formula is C19H30N4O3. The van der Waals surface area contributed by atoms with Crippen LogP contribution in [-0.2, 0) is 9.59 Å². The van der Waals surface area contributed by atoms with Gasteiger partial charge in [-0.25, -0.2) is 0 Å². The van der Waals surface area contributed by atoms with Gasteiger partial charge in [0.05, 0.1) is 18.8 Å². The number of amides is 2. The molecule has 0 bridgehead atoms. The number of para-hydroxylation sites is 2. The molecular weight excluding hydrogens is 332 g/mol. The Balaban J connectivity index is 1.79. The van der Waals surface area contributed by atoms with Crippen LogP contribution in [0.4, 0.5) is 5.69 Å². The van der Waals surface area contributed by atoms with Gasteiger partial charge < -0.3 is 20.2 Å². The van der Waals surface area contributed by atoms with Crippen LogP contribution < -0.4 is 10.2 Å². The highest BCUT2D eigenvalue weighted by molar-refractivity contribution is 5.85. The first-order chi connectivity index (χ1) is 12.2. The molecule has 0 saturated carbocycles. The van der Waals surface area contributed by atoms with E-state index >= 15 is 0 Å². The molecule has 0 aliphatic carbocycles. The highest BCUT2D eigenvalue weighted by Gasteiger charge is 2.23. The SMILES string of the molecule is CN(CC(=O)NC(C)(C)C)C(=O)CN1CCN(c2ccccc2O)CC1. The zero-order valence-corrected chi connectivity index (χ0v) is 16.2. The maximum absolute atomic E-state index is 12.4. The Morgan fingerprint density at radius 3 is 2.35 bits per heavy atom. The number of hydrogen-bond acceptors (Lipinski definition) is 5.